The van der Waals surface area contributed by atoms with Gasteiger partial charge in [-0.1, -0.05) is 29.8 Å². The molecule has 0 aliphatic rings. The molecule has 104 valence electrons. The van der Waals surface area contributed by atoms with Crippen LogP contribution >= 0.6 is 11.6 Å². The normalized spacial score (nSPS) is 10.4. The van der Waals surface area contributed by atoms with Crippen molar-refractivity contribution in [3.05, 3.63) is 63.9 Å². The second-order valence-corrected chi connectivity index (χ2v) is 4.93. The van der Waals surface area contributed by atoms with E-state index in [0.717, 1.165) is 5.56 Å². The first-order valence-corrected chi connectivity index (χ1v) is 6.51. The third-order valence-corrected chi connectivity index (χ3v) is 3.35. The van der Waals surface area contributed by atoms with E-state index in [-0.39, 0.29) is 18.0 Å². The Bertz CT molecular complexity index is 653. The Hall–Kier alpha value is -1.87. The van der Waals surface area contributed by atoms with Crippen molar-refractivity contribution < 1.29 is 13.9 Å². The quantitative estimate of drug-likeness (QED) is 0.789. The number of hydrogen-bond acceptors (Lipinski definition) is 2. The maximum atomic E-state index is 14.0. The van der Waals surface area contributed by atoms with Crippen molar-refractivity contribution in [2.45, 2.75) is 13.3 Å². The molecule has 0 saturated heterocycles. The number of halogens is 2. The first-order valence-electron chi connectivity index (χ1n) is 6.13. The lowest BCUT2D eigenvalue weighted by molar-refractivity contribution is 0.0991. The molecule has 0 aliphatic heterocycles. The van der Waals surface area contributed by atoms with Crippen LogP contribution in [0.15, 0.2) is 36.4 Å². The van der Waals surface area contributed by atoms with E-state index in [2.05, 4.69) is 0 Å². The van der Waals surface area contributed by atoms with Crippen LogP contribution in [-0.4, -0.2) is 12.9 Å². The van der Waals surface area contributed by atoms with Crippen LogP contribution in [0, 0.1) is 12.7 Å². The maximum absolute atomic E-state index is 14.0. The van der Waals surface area contributed by atoms with Crippen LogP contribution in [0.4, 0.5) is 4.39 Å². The second-order valence-electron chi connectivity index (χ2n) is 4.49. The van der Waals surface area contributed by atoms with Crippen molar-refractivity contribution in [2.75, 3.05) is 7.11 Å². The number of methoxy groups -OCH3 is 1. The van der Waals surface area contributed by atoms with Gasteiger partial charge in [-0.3, -0.25) is 4.79 Å². The first-order chi connectivity index (χ1) is 9.52. The fraction of sp³-hybridized carbons (Fsp3) is 0.188. The standard InChI is InChI=1S/C16H14ClFO2/c1-10-6-7-12(17)9-13(10)14(19)8-11-4-3-5-15(20-2)16(11)18/h3-7,9H,8H2,1-2H3. The highest BCUT2D eigenvalue weighted by Crippen LogP contribution is 2.23. The summed E-state index contributed by atoms with van der Waals surface area (Å²) in [6.45, 7) is 1.82. The van der Waals surface area contributed by atoms with Gasteiger partial charge in [0.1, 0.15) is 0 Å². The molecule has 0 amide bonds. The molecule has 0 unspecified atom stereocenters. The highest BCUT2D eigenvalue weighted by atomic mass is 35.5. The monoisotopic (exact) mass is 292 g/mol. The summed E-state index contributed by atoms with van der Waals surface area (Å²) in [6, 6.07) is 9.87. The number of carbonyl (C=O) groups excluding carboxylic acids is 1. The fourth-order valence-electron chi connectivity index (χ4n) is 2.01. The molecule has 4 heteroatoms. The second kappa shape index (κ2) is 6.06. The fourth-order valence-corrected chi connectivity index (χ4v) is 2.19. The first kappa shape index (κ1) is 14.5. The number of ether oxygens (including phenoxy) is 1. The average Bonchev–Trinajstić information content (AvgIpc) is 2.43. The Kier molecular flexibility index (Phi) is 4.40. The predicted molar refractivity (Wildman–Crippen MR) is 77.2 cm³/mol. The van der Waals surface area contributed by atoms with Gasteiger partial charge in [-0.05, 0) is 36.2 Å². The predicted octanol–water partition coefficient (Wildman–Crippen LogP) is 4.22. The average molecular weight is 293 g/mol. The molecule has 20 heavy (non-hydrogen) atoms. The van der Waals surface area contributed by atoms with Crippen molar-refractivity contribution >= 4 is 17.4 Å². The van der Waals surface area contributed by atoms with Crippen LogP contribution < -0.4 is 4.74 Å². The Balaban J connectivity index is 2.30. The molecule has 2 rings (SSSR count). The van der Waals surface area contributed by atoms with Crippen molar-refractivity contribution in [3.8, 4) is 5.75 Å². The minimum Gasteiger partial charge on any atom is -0.494 e. The highest BCUT2D eigenvalue weighted by Gasteiger charge is 2.15. The maximum Gasteiger partial charge on any atom is 0.168 e. The van der Waals surface area contributed by atoms with Crippen LogP contribution in [-0.2, 0) is 6.42 Å². The van der Waals surface area contributed by atoms with Gasteiger partial charge in [-0.25, -0.2) is 4.39 Å². The van der Waals surface area contributed by atoms with Crippen LogP contribution in [0.2, 0.25) is 5.02 Å². The number of rotatable bonds is 4. The summed E-state index contributed by atoms with van der Waals surface area (Å²) in [6.07, 6.45) is -0.0236. The lowest BCUT2D eigenvalue weighted by Crippen LogP contribution is -2.07. The van der Waals surface area contributed by atoms with Crippen LogP contribution in [0.1, 0.15) is 21.5 Å². The molecule has 0 aliphatic carbocycles. The highest BCUT2D eigenvalue weighted by molar-refractivity contribution is 6.31. The molecule has 0 N–H and O–H groups in total. The van der Waals surface area contributed by atoms with E-state index in [9.17, 15) is 9.18 Å². The van der Waals surface area contributed by atoms with E-state index in [1.807, 2.05) is 6.92 Å². The molecule has 2 aromatic carbocycles. The molecule has 2 aromatic rings. The summed E-state index contributed by atoms with van der Waals surface area (Å²) < 4.78 is 18.9. The summed E-state index contributed by atoms with van der Waals surface area (Å²) in [7, 11) is 1.39. The molecule has 0 saturated carbocycles. The molecule has 0 atom stereocenters. The number of benzene rings is 2. The van der Waals surface area contributed by atoms with Gasteiger partial charge >= 0.3 is 0 Å². The number of Topliss-reactive ketones (excluding diaryl/α,β-unsaturated/α-hetero) is 1. The number of aryl methyl sites for hydroxylation is 1. The molecular weight excluding hydrogens is 279 g/mol. The van der Waals surface area contributed by atoms with Gasteiger partial charge in [0.05, 0.1) is 7.11 Å². The van der Waals surface area contributed by atoms with E-state index in [1.165, 1.54) is 13.2 Å². The third kappa shape index (κ3) is 2.99. The zero-order valence-corrected chi connectivity index (χ0v) is 12.0. The van der Waals surface area contributed by atoms with Gasteiger partial charge in [-0.2, -0.15) is 0 Å². The largest absolute Gasteiger partial charge is 0.494 e. The van der Waals surface area contributed by atoms with Crippen molar-refractivity contribution in [3.63, 3.8) is 0 Å². The van der Waals surface area contributed by atoms with Crippen molar-refractivity contribution in [2.24, 2.45) is 0 Å². The van der Waals surface area contributed by atoms with E-state index in [0.29, 0.717) is 16.1 Å². The van der Waals surface area contributed by atoms with Crippen molar-refractivity contribution in [1.82, 2.24) is 0 Å². The lowest BCUT2D eigenvalue weighted by atomic mass is 9.99. The van der Waals surface area contributed by atoms with Crippen LogP contribution in [0.3, 0.4) is 0 Å². The number of ketones is 1. The van der Waals surface area contributed by atoms with Gasteiger partial charge in [0.15, 0.2) is 17.3 Å². The minimum absolute atomic E-state index is 0.0236. The summed E-state index contributed by atoms with van der Waals surface area (Å²) in [5.74, 6) is -0.529. The molecule has 2 nitrogen and oxygen atoms in total. The van der Waals surface area contributed by atoms with Gasteiger partial charge in [0.2, 0.25) is 0 Å². The van der Waals surface area contributed by atoms with E-state index in [1.54, 1.807) is 30.3 Å². The molecule has 0 heterocycles. The summed E-state index contributed by atoms with van der Waals surface area (Å²) in [4.78, 5) is 12.3. The molecule has 0 bridgehead atoms. The smallest absolute Gasteiger partial charge is 0.168 e. The van der Waals surface area contributed by atoms with Gasteiger partial charge in [-0.15, -0.1) is 0 Å². The molecule has 0 fully saturated rings. The van der Waals surface area contributed by atoms with Crippen LogP contribution in [0.5, 0.6) is 5.75 Å². The summed E-state index contributed by atoms with van der Waals surface area (Å²) in [5, 5.41) is 0.491. The van der Waals surface area contributed by atoms with Crippen molar-refractivity contribution in [1.29, 1.82) is 0 Å². The zero-order valence-electron chi connectivity index (χ0n) is 11.2. The summed E-state index contributed by atoms with van der Waals surface area (Å²) in [5.41, 5.74) is 1.65. The Labute approximate surface area is 122 Å². The van der Waals surface area contributed by atoms with Gasteiger partial charge < -0.3 is 4.74 Å². The Morgan fingerprint density at radius 2 is 2.05 bits per heavy atom. The SMILES string of the molecule is COc1cccc(CC(=O)c2cc(Cl)ccc2C)c1F. The molecule has 0 aromatic heterocycles. The summed E-state index contributed by atoms with van der Waals surface area (Å²) >= 11 is 5.90. The van der Waals surface area contributed by atoms with E-state index in [4.69, 9.17) is 16.3 Å². The molecule has 0 radical (unpaired) electrons. The molecular formula is C16H14ClFO2. The van der Waals surface area contributed by atoms with E-state index >= 15 is 0 Å². The minimum atomic E-state index is -0.497. The van der Waals surface area contributed by atoms with E-state index < -0.39 is 5.82 Å². The topological polar surface area (TPSA) is 26.3 Å². The van der Waals surface area contributed by atoms with Gasteiger partial charge in [0, 0.05) is 17.0 Å². The zero-order chi connectivity index (χ0) is 14.7. The van der Waals surface area contributed by atoms with Gasteiger partial charge in [0.25, 0.3) is 0 Å². The number of hydrogen-bond donors (Lipinski definition) is 0. The lowest BCUT2D eigenvalue weighted by Gasteiger charge is -2.08. The Morgan fingerprint density at radius 3 is 2.75 bits per heavy atom. The Morgan fingerprint density at radius 1 is 1.30 bits per heavy atom. The third-order valence-electron chi connectivity index (χ3n) is 3.11. The molecule has 0 spiro atoms. The number of carbonyl (C=O) groups is 1. The van der Waals surface area contributed by atoms with Crippen LogP contribution in [0.25, 0.3) is 0 Å².